The maximum absolute atomic E-state index is 11.9. The number of furan rings is 1. The van der Waals surface area contributed by atoms with Gasteiger partial charge in [0, 0.05) is 31.8 Å². The van der Waals surface area contributed by atoms with Crippen molar-refractivity contribution in [3.8, 4) is 0 Å². The summed E-state index contributed by atoms with van der Waals surface area (Å²) in [7, 11) is 1.34. The molecule has 1 atom stereocenters. The molecule has 120 valence electrons. The van der Waals surface area contributed by atoms with Gasteiger partial charge in [0.2, 0.25) is 0 Å². The van der Waals surface area contributed by atoms with Crippen LogP contribution in [0.4, 0.5) is 0 Å². The summed E-state index contributed by atoms with van der Waals surface area (Å²) in [4.78, 5) is 14.0. The van der Waals surface area contributed by atoms with Gasteiger partial charge in [-0.1, -0.05) is 0 Å². The van der Waals surface area contributed by atoms with Gasteiger partial charge in [0.25, 0.3) is 0 Å². The largest absolute Gasteiger partial charge is 0.464 e. The Morgan fingerprint density at radius 2 is 2.18 bits per heavy atom. The maximum atomic E-state index is 11.9. The van der Waals surface area contributed by atoms with Crippen LogP contribution in [0.2, 0.25) is 0 Å². The number of aliphatic hydroxyl groups is 1. The smallest absolute Gasteiger partial charge is 0.354 e. The van der Waals surface area contributed by atoms with Crippen LogP contribution in [0, 0.1) is 0 Å². The second-order valence-corrected chi connectivity index (χ2v) is 5.37. The molecule has 2 aromatic rings. The Morgan fingerprint density at radius 1 is 1.41 bits per heavy atom. The van der Waals surface area contributed by atoms with Crippen LogP contribution >= 0.6 is 0 Å². The fourth-order valence-corrected chi connectivity index (χ4v) is 2.80. The number of ether oxygens (including phenoxy) is 2. The van der Waals surface area contributed by atoms with Crippen molar-refractivity contribution in [3.05, 3.63) is 24.1 Å². The summed E-state index contributed by atoms with van der Waals surface area (Å²) in [5, 5.41) is 10.4. The molecule has 0 aromatic carbocycles. The van der Waals surface area contributed by atoms with Crippen molar-refractivity contribution >= 4 is 17.1 Å². The van der Waals surface area contributed by atoms with Crippen molar-refractivity contribution in [2.75, 3.05) is 40.0 Å². The lowest BCUT2D eigenvalue weighted by Crippen LogP contribution is -2.42. The van der Waals surface area contributed by atoms with E-state index in [0.717, 1.165) is 18.6 Å². The van der Waals surface area contributed by atoms with E-state index < -0.39 is 12.1 Å². The predicted molar refractivity (Wildman–Crippen MR) is 78.8 cm³/mol. The molecule has 7 heteroatoms. The number of nitrogens with zero attached hydrogens (tertiary/aromatic N) is 2. The summed E-state index contributed by atoms with van der Waals surface area (Å²) in [5.41, 5.74) is 1.78. The number of morpholine rings is 1. The molecule has 0 saturated carbocycles. The highest BCUT2D eigenvalue weighted by Gasteiger charge is 2.21. The van der Waals surface area contributed by atoms with Gasteiger partial charge in [0.05, 0.1) is 44.8 Å². The molecule has 1 aliphatic heterocycles. The third-order valence-electron chi connectivity index (χ3n) is 3.88. The molecule has 1 saturated heterocycles. The number of carbonyl (C=O) groups excluding carboxylic acids is 1. The number of rotatable bonds is 5. The maximum Gasteiger partial charge on any atom is 0.354 e. The van der Waals surface area contributed by atoms with Gasteiger partial charge in [-0.3, -0.25) is 4.90 Å². The number of fused-ring (bicyclic) bond motifs is 1. The molecular formula is C15H20N2O5. The topological polar surface area (TPSA) is 77.1 Å². The molecule has 22 heavy (non-hydrogen) atoms. The molecule has 3 rings (SSSR count). The Labute approximate surface area is 128 Å². The molecule has 7 nitrogen and oxygen atoms in total. The van der Waals surface area contributed by atoms with Crippen LogP contribution in [0.5, 0.6) is 0 Å². The lowest BCUT2D eigenvalue weighted by atomic mass is 10.3. The fourth-order valence-electron chi connectivity index (χ4n) is 2.80. The molecule has 0 spiro atoms. The summed E-state index contributed by atoms with van der Waals surface area (Å²) in [6.45, 7) is 3.86. The average Bonchev–Trinajstić information content (AvgIpc) is 3.10. The van der Waals surface area contributed by atoms with E-state index in [1.54, 1.807) is 23.0 Å². The highest BCUT2D eigenvalue weighted by atomic mass is 16.5. The molecule has 1 aliphatic rings. The van der Waals surface area contributed by atoms with Gasteiger partial charge in [-0.05, 0) is 0 Å². The first-order chi connectivity index (χ1) is 10.7. The number of esters is 1. The minimum absolute atomic E-state index is 0.310. The predicted octanol–water partition coefficient (Wildman–Crippen LogP) is 0.714. The van der Waals surface area contributed by atoms with Crippen LogP contribution in [-0.4, -0.2) is 66.6 Å². The zero-order valence-electron chi connectivity index (χ0n) is 12.5. The molecule has 0 amide bonds. The standard InChI is InChI=1S/C15H20N2O5/c1-20-15(19)13-8-14-12(2-5-22-14)17(13)10-11(18)9-16-3-6-21-7-4-16/h2,5,8,11,18H,3-4,6-7,9-10H2,1H3/t11-/m1/s1. The molecule has 3 heterocycles. The number of aromatic nitrogens is 1. The Morgan fingerprint density at radius 3 is 2.91 bits per heavy atom. The van der Waals surface area contributed by atoms with Gasteiger partial charge in [0.15, 0.2) is 5.58 Å². The summed E-state index contributed by atoms with van der Waals surface area (Å²) >= 11 is 0. The van der Waals surface area contributed by atoms with Gasteiger partial charge in [-0.2, -0.15) is 0 Å². The average molecular weight is 308 g/mol. The number of hydrogen-bond acceptors (Lipinski definition) is 6. The van der Waals surface area contributed by atoms with Gasteiger partial charge < -0.3 is 23.6 Å². The van der Waals surface area contributed by atoms with E-state index in [4.69, 9.17) is 13.9 Å². The molecule has 0 bridgehead atoms. The minimum atomic E-state index is -0.591. The summed E-state index contributed by atoms with van der Waals surface area (Å²) < 4.78 is 17.2. The molecule has 2 aromatic heterocycles. The van der Waals surface area contributed by atoms with E-state index in [9.17, 15) is 9.90 Å². The van der Waals surface area contributed by atoms with Crippen LogP contribution in [-0.2, 0) is 16.0 Å². The van der Waals surface area contributed by atoms with Gasteiger partial charge in [0.1, 0.15) is 5.69 Å². The lowest BCUT2D eigenvalue weighted by Gasteiger charge is -2.28. The molecular weight excluding hydrogens is 288 g/mol. The van der Waals surface area contributed by atoms with E-state index in [1.165, 1.54) is 7.11 Å². The van der Waals surface area contributed by atoms with Crippen molar-refractivity contribution in [1.82, 2.24) is 9.47 Å². The normalized spacial score (nSPS) is 17.7. The lowest BCUT2D eigenvalue weighted by molar-refractivity contribution is 0.0115. The number of β-amino-alcohol motifs (C(OH)–C–C–N with tert-alkyl or cyclic N) is 1. The third-order valence-corrected chi connectivity index (χ3v) is 3.88. The SMILES string of the molecule is COC(=O)c1cc2occc2n1C[C@H](O)CN1CCOCC1. The van der Waals surface area contributed by atoms with Crippen LogP contribution in [0.3, 0.4) is 0 Å². The molecule has 0 radical (unpaired) electrons. The monoisotopic (exact) mass is 308 g/mol. The zero-order chi connectivity index (χ0) is 15.5. The van der Waals surface area contributed by atoms with Gasteiger partial charge in [-0.15, -0.1) is 0 Å². The second kappa shape index (κ2) is 6.51. The van der Waals surface area contributed by atoms with Crippen molar-refractivity contribution in [1.29, 1.82) is 0 Å². The third kappa shape index (κ3) is 3.01. The highest BCUT2D eigenvalue weighted by Crippen LogP contribution is 2.22. The molecule has 0 aliphatic carbocycles. The Kier molecular flexibility index (Phi) is 4.47. The van der Waals surface area contributed by atoms with Crippen molar-refractivity contribution in [2.45, 2.75) is 12.6 Å². The minimum Gasteiger partial charge on any atom is -0.464 e. The Hall–Kier alpha value is -1.83. The first-order valence-corrected chi connectivity index (χ1v) is 7.32. The molecule has 1 N–H and O–H groups in total. The number of aliphatic hydroxyl groups excluding tert-OH is 1. The molecule has 0 unspecified atom stereocenters. The van der Waals surface area contributed by atoms with Crippen LogP contribution in [0.1, 0.15) is 10.5 Å². The first kappa shape index (κ1) is 15.1. The second-order valence-electron chi connectivity index (χ2n) is 5.37. The zero-order valence-corrected chi connectivity index (χ0v) is 12.5. The Balaban J connectivity index is 1.76. The number of hydrogen-bond donors (Lipinski definition) is 1. The Bertz CT molecular complexity index is 641. The van der Waals surface area contributed by atoms with E-state index in [-0.39, 0.29) is 0 Å². The van der Waals surface area contributed by atoms with E-state index in [0.29, 0.717) is 37.6 Å². The highest BCUT2D eigenvalue weighted by molar-refractivity contribution is 5.93. The summed E-state index contributed by atoms with van der Waals surface area (Å²) in [6.07, 6.45) is 0.975. The van der Waals surface area contributed by atoms with Crippen LogP contribution < -0.4 is 0 Å². The number of methoxy groups -OCH3 is 1. The van der Waals surface area contributed by atoms with Crippen molar-refractivity contribution in [2.24, 2.45) is 0 Å². The van der Waals surface area contributed by atoms with E-state index in [2.05, 4.69) is 4.90 Å². The van der Waals surface area contributed by atoms with Crippen molar-refractivity contribution in [3.63, 3.8) is 0 Å². The van der Waals surface area contributed by atoms with Crippen molar-refractivity contribution < 1.29 is 23.8 Å². The number of carbonyl (C=O) groups is 1. The summed E-state index contributed by atoms with van der Waals surface area (Å²) in [6, 6.07) is 3.42. The quantitative estimate of drug-likeness (QED) is 0.820. The van der Waals surface area contributed by atoms with E-state index >= 15 is 0 Å². The van der Waals surface area contributed by atoms with Crippen LogP contribution in [0.15, 0.2) is 22.8 Å². The van der Waals surface area contributed by atoms with Crippen LogP contribution in [0.25, 0.3) is 11.1 Å². The summed E-state index contributed by atoms with van der Waals surface area (Å²) in [5.74, 6) is -0.440. The van der Waals surface area contributed by atoms with Gasteiger partial charge >= 0.3 is 5.97 Å². The first-order valence-electron chi connectivity index (χ1n) is 7.32. The molecule has 1 fully saturated rings. The van der Waals surface area contributed by atoms with E-state index in [1.807, 2.05) is 0 Å². The van der Waals surface area contributed by atoms with Gasteiger partial charge in [-0.25, -0.2) is 4.79 Å². The fraction of sp³-hybridized carbons (Fsp3) is 0.533.